The number of hydrogen-bond acceptors (Lipinski definition) is 2. The Kier molecular flexibility index (Phi) is 7.57. The molecule has 1 atom stereocenters. The summed E-state index contributed by atoms with van der Waals surface area (Å²) in [6, 6.07) is 8.84. The first kappa shape index (κ1) is 16.0. The molecule has 108 valence electrons. The summed E-state index contributed by atoms with van der Waals surface area (Å²) in [5, 5.41) is 3.58. The van der Waals surface area contributed by atoms with E-state index in [2.05, 4.69) is 43.4 Å². The summed E-state index contributed by atoms with van der Waals surface area (Å²) in [4.78, 5) is 0. The fourth-order valence-electron chi connectivity index (χ4n) is 2.10. The molecule has 0 aromatic heterocycles. The molecular weight excluding hydrogens is 234 g/mol. The van der Waals surface area contributed by atoms with Crippen LogP contribution in [0.3, 0.4) is 0 Å². The second-order valence-corrected chi connectivity index (χ2v) is 5.47. The van der Waals surface area contributed by atoms with Gasteiger partial charge in [0.15, 0.2) is 0 Å². The highest BCUT2D eigenvalue weighted by Gasteiger charge is 2.05. The summed E-state index contributed by atoms with van der Waals surface area (Å²) in [5.41, 5.74) is 1.33. The lowest BCUT2D eigenvalue weighted by atomic mass is 10.1. The lowest BCUT2D eigenvalue weighted by Gasteiger charge is -2.15. The van der Waals surface area contributed by atoms with Crippen LogP contribution in [0, 0.1) is 0 Å². The molecule has 1 aromatic carbocycles. The normalized spacial score (nSPS) is 12.7. The average Bonchev–Trinajstić information content (AvgIpc) is 2.38. The first-order valence-corrected chi connectivity index (χ1v) is 7.63. The number of nitrogens with one attached hydrogen (secondary N) is 1. The van der Waals surface area contributed by atoms with Gasteiger partial charge in [-0.2, -0.15) is 0 Å². The maximum Gasteiger partial charge on any atom is 0.119 e. The summed E-state index contributed by atoms with van der Waals surface area (Å²) in [7, 11) is 0. The molecule has 0 saturated heterocycles. The summed E-state index contributed by atoms with van der Waals surface area (Å²) >= 11 is 0. The molecule has 1 rings (SSSR count). The zero-order valence-corrected chi connectivity index (χ0v) is 12.9. The Bertz CT molecular complexity index is 332. The van der Waals surface area contributed by atoms with Crippen LogP contribution in [-0.4, -0.2) is 12.6 Å². The van der Waals surface area contributed by atoms with E-state index < -0.39 is 0 Å². The minimum atomic E-state index is 0.236. The van der Waals surface area contributed by atoms with Crippen molar-refractivity contribution in [1.29, 1.82) is 0 Å². The lowest BCUT2D eigenvalue weighted by molar-refractivity contribution is 0.242. The van der Waals surface area contributed by atoms with Crippen LogP contribution >= 0.6 is 0 Å². The first-order valence-electron chi connectivity index (χ1n) is 7.63. The molecule has 0 spiro atoms. The van der Waals surface area contributed by atoms with Crippen molar-refractivity contribution >= 4 is 0 Å². The van der Waals surface area contributed by atoms with Crippen molar-refractivity contribution in [3.8, 4) is 5.75 Å². The van der Waals surface area contributed by atoms with Gasteiger partial charge in [0.1, 0.15) is 5.75 Å². The van der Waals surface area contributed by atoms with Crippen molar-refractivity contribution in [3.63, 3.8) is 0 Å². The quantitative estimate of drug-likeness (QED) is 0.652. The smallest absolute Gasteiger partial charge is 0.119 e. The van der Waals surface area contributed by atoms with Gasteiger partial charge in [-0.25, -0.2) is 0 Å². The van der Waals surface area contributed by atoms with Crippen molar-refractivity contribution in [3.05, 3.63) is 29.8 Å². The minimum Gasteiger partial charge on any atom is -0.491 e. The molecule has 0 heterocycles. The zero-order chi connectivity index (χ0) is 14.1. The molecule has 0 aliphatic rings. The number of hydrogen-bond donors (Lipinski definition) is 1. The fraction of sp³-hybridized carbons (Fsp3) is 0.647. The highest BCUT2D eigenvalue weighted by molar-refractivity contribution is 5.29. The molecule has 0 aliphatic heterocycles. The molecular formula is C17H29NO. The number of rotatable bonds is 9. The van der Waals surface area contributed by atoms with E-state index in [0.717, 1.165) is 12.3 Å². The Morgan fingerprint density at radius 3 is 2.26 bits per heavy atom. The lowest BCUT2D eigenvalue weighted by Crippen LogP contribution is -2.19. The molecule has 1 N–H and O–H groups in total. The Balaban J connectivity index is 2.33. The van der Waals surface area contributed by atoms with Crippen LogP contribution in [0.2, 0.25) is 0 Å². The van der Waals surface area contributed by atoms with E-state index in [-0.39, 0.29) is 6.10 Å². The molecule has 1 unspecified atom stereocenters. The van der Waals surface area contributed by atoms with Gasteiger partial charge >= 0.3 is 0 Å². The fourth-order valence-corrected chi connectivity index (χ4v) is 2.10. The van der Waals surface area contributed by atoms with Gasteiger partial charge in [0.25, 0.3) is 0 Å². The van der Waals surface area contributed by atoms with Crippen molar-refractivity contribution in [2.75, 3.05) is 6.54 Å². The van der Waals surface area contributed by atoms with Crippen LogP contribution in [0.25, 0.3) is 0 Å². The molecule has 0 amide bonds. The van der Waals surface area contributed by atoms with E-state index in [9.17, 15) is 0 Å². The van der Waals surface area contributed by atoms with E-state index in [4.69, 9.17) is 4.74 Å². The predicted molar refractivity (Wildman–Crippen MR) is 82.8 cm³/mol. The summed E-state index contributed by atoms with van der Waals surface area (Å²) < 4.78 is 5.65. The third-order valence-electron chi connectivity index (χ3n) is 3.23. The van der Waals surface area contributed by atoms with Gasteiger partial charge in [0, 0.05) is 6.04 Å². The second-order valence-electron chi connectivity index (χ2n) is 5.47. The Morgan fingerprint density at radius 1 is 1.00 bits per heavy atom. The van der Waals surface area contributed by atoms with Gasteiger partial charge in [0.2, 0.25) is 0 Å². The van der Waals surface area contributed by atoms with Crippen LogP contribution in [-0.2, 0) is 0 Å². The minimum absolute atomic E-state index is 0.236. The van der Waals surface area contributed by atoms with Crippen LogP contribution in [0.5, 0.6) is 5.75 Å². The Hall–Kier alpha value is -1.02. The number of unbranched alkanes of at least 4 members (excludes halogenated alkanes) is 3. The molecule has 0 radical (unpaired) electrons. The van der Waals surface area contributed by atoms with Crippen molar-refractivity contribution in [2.24, 2.45) is 0 Å². The Morgan fingerprint density at radius 2 is 1.68 bits per heavy atom. The number of benzene rings is 1. The molecule has 0 fully saturated rings. The van der Waals surface area contributed by atoms with Crippen molar-refractivity contribution < 1.29 is 4.74 Å². The molecule has 19 heavy (non-hydrogen) atoms. The van der Waals surface area contributed by atoms with Gasteiger partial charge in [-0.1, -0.05) is 38.3 Å². The SMILES string of the molecule is CCCCCCNC(C)c1ccc(OC(C)C)cc1. The molecule has 2 nitrogen and oxygen atoms in total. The van der Waals surface area contributed by atoms with E-state index >= 15 is 0 Å². The maximum absolute atomic E-state index is 5.65. The second kappa shape index (κ2) is 8.98. The molecule has 2 heteroatoms. The maximum atomic E-state index is 5.65. The van der Waals surface area contributed by atoms with Gasteiger partial charge in [-0.05, 0) is 51.4 Å². The van der Waals surface area contributed by atoms with Crippen LogP contribution < -0.4 is 10.1 Å². The van der Waals surface area contributed by atoms with Crippen LogP contribution in [0.15, 0.2) is 24.3 Å². The van der Waals surface area contributed by atoms with E-state index in [0.29, 0.717) is 6.04 Å². The standard InChI is InChI=1S/C17H29NO/c1-5-6-7-8-13-18-15(4)16-9-11-17(12-10-16)19-14(2)3/h9-12,14-15,18H,5-8,13H2,1-4H3. The van der Waals surface area contributed by atoms with Gasteiger partial charge in [0.05, 0.1) is 6.10 Å². The highest BCUT2D eigenvalue weighted by atomic mass is 16.5. The van der Waals surface area contributed by atoms with E-state index in [1.165, 1.54) is 31.2 Å². The monoisotopic (exact) mass is 263 g/mol. The summed E-state index contributed by atoms with van der Waals surface area (Å²) in [6.07, 6.45) is 5.48. The van der Waals surface area contributed by atoms with Gasteiger partial charge in [-0.15, -0.1) is 0 Å². The molecule has 0 saturated carbocycles. The highest BCUT2D eigenvalue weighted by Crippen LogP contribution is 2.18. The first-order chi connectivity index (χ1) is 9.13. The summed E-state index contributed by atoms with van der Waals surface area (Å²) in [5.74, 6) is 0.953. The largest absolute Gasteiger partial charge is 0.491 e. The van der Waals surface area contributed by atoms with Crippen molar-refractivity contribution in [2.45, 2.75) is 65.5 Å². The topological polar surface area (TPSA) is 21.3 Å². The van der Waals surface area contributed by atoms with E-state index in [1.807, 2.05) is 13.8 Å². The van der Waals surface area contributed by atoms with Gasteiger partial charge < -0.3 is 10.1 Å². The third-order valence-corrected chi connectivity index (χ3v) is 3.23. The molecule has 0 bridgehead atoms. The predicted octanol–water partition coefficient (Wildman–Crippen LogP) is 4.70. The summed E-state index contributed by atoms with van der Waals surface area (Å²) in [6.45, 7) is 9.67. The third kappa shape index (κ3) is 6.63. The van der Waals surface area contributed by atoms with E-state index in [1.54, 1.807) is 0 Å². The Labute approximate surface area is 118 Å². The van der Waals surface area contributed by atoms with Crippen molar-refractivity contribution in [1.82, 2.24) is 5.32 Å². The van der Waals surface area contributed by atoms with Gasteiger partial charge in [-0.3, -0.25) is 0 Å². The average molecular weight is 263 g/mol. The van der Waals surface area contributed by atoms with Crippen LogP contribution in [0.4, 0.5) is 0 Å². The molecule has 1 aromatic rings. The number of ether oxygens (including phenoxy) is 1. The zero-order valence-electron chi connectivity index (χ0n) is 12.9. The van der Waals surface area contributed by atoms with Crippen LogP contribution in [0.1, 0.15) is 65.0 Å². The molecule has 0 aliphatic carbocycles.